The lowest BCUT2D eigenvalue weighted by atomic mass is 9.95. The highest BCUT2D eigenvalue weighted by Crippen LogP contribution is 2.34. The van der Waals surface area contributed by atoms with Gasteiger partial charge in [0.1, 0.15) is 23.1 Å². The summed E-state index contributed by atoms with van der Waals surface area (Å²) in [5, 5.41) is 2.16. The van der Waals surface area contributed by atoms with Crippen molar-refractivity contribution in [3.8, 4) is 17.2 Å². The number of imide groups is 1. The summed E-state index contributed by atoms with van der Waals surface area (Å²) >= 11 is 0. The average molecular weight is 464 g/mol. The van der Waals surface area contributed by atoms with Crippen LogP contribution in [0.5, 0.6) is 17.2 Å². The molecule has 6 nitrogen and oxygen atoms in total. The van der Waals surface area contributed by atoms with E-state index in [4.69, 9.17) is 14.2 Å². The Morgan fingerprint density at radius 1 is 1.00 bits per heavy atom. The highest BCUT2D eigenvalue weighted by Gasteiger charge is 2.46. The third-order valence-electron chi connectivity index (χ3n) is 5.86. The van der Waals surface area contributed by atoms with Gasteiger partial charge in [-0.1, -0.05) is 43.7 Å². The average Bonchev–Trinajstić information content (AvgIpc) is 3.09. The molecule has 0 spiro atoms. The van der Waals surface area contributed by atoms with E-state index >= 15 is 0 Å². The van der Waals surface area contributed by atoms with E-state index in [9.17, 15) is 14.0 Å². The Morgan fingerprint density at radius 3 is 2.50 bits per heavy atom. The second kappa shape index (κ2) is 9.55. The van der Waals surface area contributed by atoms with E-state index in [0.29, 0.717) is 34.8 Å². The van der Waals surface area contributed by atoms with Gasteiger partial charge in [0.25, 0.3) is 5.91 Å². The van der Waals surface area contributed by atoms with Crippen molar-refractivity contribution in [3.63, 3.8) is 0 Å². The van der Waals surface area contributed by atoms with Crippen LogP contribution in [-0.2, 0) is 28.0 Å². The number of hydrogen-bond acceptors (Lipinski definition) is 5. The van der Waals surface area contributed by atoms with Gasteiger partial charge in [-0.05, 0) is 54.3 Å². The van der Waals surface area contributed by atoms with Crippen molar-refractivity contribution < 1.29 is 28.2 Å². The van der Waals surface area contributed by atoms with Crippen LogP contribution < -0.4 is 14.8 Å². The lowest BCUT2D eigenvalue weighted by molar-refractivity contribution is -0.130. The molecular formula is C27H26FNO5. The first-order valence-electron chi connectivity index (χ1n) is 11.1. The lowest BCUT2D eigenvalue weighted by Crippen LogP contribution is -2.33. The van der Waals surface area contributed by atoms with Crippen LogP contribution in [0.1, 0.15) is 42.5 Å². The molecule has 0 unspecified atom stereocenters. The number of benzene rings is 3. The van der Waals surface area contributed by atoms with Crippen LogP contribution in [0.15, 0.2) is 60.7 Å². The molecule has 0 aromatic heterocycles. The smallest absolute Gasteiger partial charge is 0.415 e. The van der Waals surface area contributed by atoms with Gasteiger partial charge in [0.2, 0.25) is 5.60 Å². The normalized spacial score (nSPS) is 17.3. The van der Waals surface area contributed by atoms with Crippen molar-refractivity contribution in [1.29, 1.82) is 0 Å². The number of hydrogen-bond donors (Lipinski definition) is 1. The Kier molecular flexibility index (Phi) is 6.54. The first-order chi connectivity index (χ1) is 16.3. The number of cyclic esters (lactones) is 1. The maximum absolute atomic E-state index is 14.4. The topological polar surface area (TPSA) is 73.9 Å². The number of carbonyl (C=O) groups is 2. The maximum atomic E-state index is 14.4. The number of halogens is 1. The van der Waals surface area contributed by atoms with E-state index in [1.165, 1.54) is 13.2 Å². The van der Waals surface area contributed by atoms with Crippen LogP contribution in [0.2, 0.25) is 0 Å². The van der Waals surface area contributed by atoms with Crippen LogP contribution in [-0.4, -0.2) is 19.1 Å². The molecule has 1 atom stereocenters. The molecule has 0 radical (unpaired) electrons. The molecule has 3 aromatic rings. The Hall–Kier alpha value is -3.87. The van der Waals surface area contributed by atoms with Crippen LogP contribution in [0, 0.1) is 5.82 Å². The molecule has 1 aliphatic heterocycles. The monoisotopic (exact) mass is 463 g/mol. The van der Waals surface area contributed by atoms with E-state index in [0.717, 1.165) is 24.0 Å². The quantitative estimate of drug-likeness (QED) is 0.467. The second-order valence-corrected chi connectivity index (χ2v) is 8.33. The zero-order valence-corrected chi connectivity index (χ0v) is 19.3. The fourth-order valence-corrected chi connectivity index (χ4v) is 3.97. The molecule has 7 heteroatoms. The number of nitrogens with one attached hydrogen (secondary N) is 1. The lowest BCUT2D eigenvalue weighted by Gasteiger charge is -2.20. The molecule has 1 saturated heterocycles. The van der Waals surface area contributed by atoms with Gasteiger partial charge in [0.05, 0.1) is 7.11 Å². The molecule has 2 amide bonds. The van der Waals surface area contributed by atoms with E-state index in [-0.39, 0.29) is 5.82 Å². The summed E-state index contributed by atoms with van der Waals surface area (Å²) in [6, 6.07) is 17.6. The second-order valence-electron chi connectivity index (χ2n) is 8.33. The largest absolute Gasteiger partial charge is 0.497 e. The molecule has 1 fully saturated rings. The van der Waals surface area contributed by atoms with Crippen molar-refractivity contribution in [2.75, 3.05) is 7.11 Å². The summed E-state index contributed by atoms with van der Waals surface area (Å²) in [5.41, 5.74) is 1.65. The summed E-state index contributed by atoms with van der Waals surface area (Å²) in [6.07, 6.45) is 1.37. The van der Waals surface area contributed by atoms with Gasteiger partial charge in [0, 0.05) is 18.1 Å². The molecule has 0 aliphatic carbocycles. The van der Waals surface area contributed by atoms with Gasteiger partial charge >= 0.3 is 6.09 Å². The molecule has 1 aliphatic rings. The number of alkyl carbamates (subject to hydrolysis) is 1. The zero-order valence-electron chi connectivity index (χ0n) is 19.3. The summed E-state index contributed by atoms with van der Waals surface area (Å²) in [6.45, 7) is 3.62. The SMILES string of the molecule is CCCc1cc(Cc2ccc(OC)cc2F)ccc1Oc1cccc([C@@]2(C)OC(=O)NC2=O)c1. The maximum Gasteiger partial charge on any atom is 0.415 e. The van der Waals surface area contributed by atoms with Crippen molar-refractivity contribution in [2.45, 2.75) is 38.7 Å². The van der Waals surface area contributed by atoms with Crippen molar-refractivity contribution in [1.82, 2.24) is 5.32 Å². The fourth-order valence-electron chi connectivity index (χ4n) is 3.97. The number of aryl methyl sites for hydroxylation is 1. The first kappa shape index (κ1) is 23.3. The van der Waals surface area contributed by atoms with E-state index in [1.54, 1.807) is 43.3 Å². The zero-order chi connectivity index (χ0) is 24.3. The number of ether oxygens (including phenoxy) is 3. The summed E-state index contributed by atoms with van der Waals surface area (Å²) < 4.78 is 30.9. The van der Waals surface area contributed by atoms with Crippen molar-refractivity contribution in [3.05, 3.63) is 88.7 Å². The van der Waals surface area contributed by atoms with Gasteiger partial charge in [-0.2, -0.15) is 0 Å². The molecule has 1 N–H and O–H groups in total. The molecule has 176 valence electrons. The number of methoxy groups -OCH3 is 1. The number of carbonyl (C=O) groups excluding carboxylic acids is 2. The summed E-state index contributed by atoms with van der Waals surface area (Å²) in [5.74, 6) is 0.851. The highest BCUT2D eigenvalue weighted by molar-refractivity contribution is 6.03. The van der Waals surface area contributed by atoms with Crippen molar-refractivity contribution in [2.24, 2.45) is 0 Å². The number of amides is 2. The van der Waals surface area contributed by atoms with Crippen LogP contribution >= 0.6 is 0 Å². The van der Waals surface area contributed by atoms with E-state index in [2.05, 4.69) is 12.2 Å². The van der Waals surface area contributed by atoms with E-state index < -0.39 is 17.6 Å². The van der Waals surface area contributed by atoms with Gasteiger partial charge < -0.3 is 14.2 Å². The highest BCUT2D eigenvalue weighted by atomic mass is 19.1. The minimum Gasteiger partial charge on any atom is -0.497 e. The Bertz CT molecular complexity index is 1240. The third kappa shape index (κ3) is 4.73. The minimum atomic E-state index is -1.41. The first-order valence-corrected chi connectivity index (χ1v) is 11.1. The van der Waals surface area contributed by atoms with Gasteiger partial charge in [-0.3, -0.25) is 10.1 Å². The predicted molar refractivity (Wildman–Crippen MR) is 125 cm³/mol. The van der Waals surface area contributed by atoms with Crippen LogP contribution in [0.3, 0.4) is 0 Å². The molecule has 1 heterocycles. The summed E-state index contributed by atoms with van der Waals surface area (Å²) in [4.78, 5) is 23.8. The Balaban J connectivity index is 1.58. The fraction of sp³-hybridized carbons (Fsp3) is 0.259. The van der Waals surface area contributed by atoms with Gasteiger partial charge in [-0.15, -0.1) is 0 Å². The Morgan fingerprint density at radius 2 is 1.82 bits per heavy atom. The third-order valence-corrected chi connectivity index (χ3v) is 5.86. The molecule has 0 saturated carbocycles. The standard InChI is InChI=1S/C27H26FNO5/c1-4-6-19-14-17(13-18-10-11-21(32-3)16-23(18)28)9-12-24(19)33-22-8-5-7-20(15-22)27(2)25(30)29-26(31)34-27/h5,7-12,14-16H,4,6,13H2,1-3H3,(H,29,30,31)/t27-/m1/s1. The summed E-state index contributed by atoms with van der Waals surface area (Å²) in [7, 11) is 1.51. The molecule has 0 bridgehead atoms. The molecular weight excluding hydrogens is 437 g/mol. The van der Waals surface area contributed by atoms with Crippen LogP contribution in [0.4, 0.5) is 9.18 Å². The molecule has 3 aromatic carbocycles. The number of rotatable bonds is 8. The predicted octanol–water partition coefficient (Wildman–Crippen LogP) is 5.65. The molecule has 4 rings (SSSR count). The van der Waals surface area contributed by atoms with Gasteiger partial charge in [0.15, 0.2) is 0 Å². The Labute approximate surface area is 197 Å². The van der Waals surface area contributed by atoms with Crippen molar-refractivity contribution >= 4 is 12.0 Å². The molecule has 34 heavy (non-hydrogen) atoms. The van der Waals surface area contributed by atoms with Crippen LogP contribution in [0.25, 0.3) is 0 Å². The van der Waals surface area contributed by atoms with Gasteiger partial charge in [-0.25, -0.2) is 9.18 Å². The minimum absolute atomic E-state index is 0.307. The van der Waals surface area contributed by atoms with E-state index in [1.807, 2.05) is 18.2 Å².